The molecule has 1 heterocycles. The maximum absolute atomic E-state index is 11.3. The van der Waals surface area contributed by atoms with Crippen LogP contribution in [-0.2, 0) is 14.3 Å². The molecule has 0 aromatic heterocycles. The molecule has 94 valence electrons. The van der Waals surface area contributed by atoms with Crippen molar-refractivity contribution in [2.45, 2.75) is 20.1 Å². The third-order valence-corrected chi connectivity index (χ3v) is 2.60. The molecule has 0 aliphatic carbocycles. The van der Waals surface area contributed by atoms with Crippen molar-refractivity contribution in [2.75, 3.05) is 0 Å². The highest BCUT2D eigenvalue weighted by Gasteiger charge is 2.30. The standard InChI is InChI=1S/C13H12O5/c1-7-11(13(16)18-12(7)15)9-3-5-10(6-4-9)17-8(2)14/h3-6,13,16H,1-2H3. The van der Waals surface area contributed by atoms with E-state index < -0.39 is 18.2 Å². The van der Waals surface area contributed by atoms with E-state index in [1.807, 2.05) is 0 Å². The minimum absolute atomic E-state index is 0.378. The molecule has 0 fully saturated rings. The lowest BCUT2D eigenvalue weighted by atomic mass is 10.0. The summed E-state index contributed by atoms with van der Waals surface area (Å²) < 4.78 is 9.58. The highest BCUT2D eigenvalue weighted by molar-refractivity contribution is 6.01. The van der Waals surface area contributed by atoms with E-state index >= 15 is 0 Å². The number of hydrogen-bond acceptors (Lipinski definition) is 5. The molecule has 0 amide bonds. The molecule has 1 aromatic rings. The molecule has 1 atom stereocenters. The van der Waals surface area contributed by atoms with Crippen LogP contribution in [0.2, 0.25) is 0 Å². The highest BCUT2D eigenvalue weighted by atomic mass is 16.6. The van der Waals surface area contributed by atoms with Crippen molar-refractivity contribution in [2.24, 2.45) is 0 Å². The molecule has 0 bridgehead atoms. The number of aliphatic hydroxyl groups is 1. The van der Waals surface area contributed by atoms with E-state index in [0.29, 0.717) is 22.5 Å². The number of hydrogen-bond donors (Lipinski definition) is 1. The van der Waals surface area contributed by atoms with E-state index in [2.05, 4.69) is 0 Å². The lowest BCUT2D eigenvalue weighted by Crippen LogP contribution is -2.09. The molecule has 2 rings (SSSR count). The smallest absolute Gasteiger partial charge is 0.336 e. The van der Waals surface area contributed by atoms with Crippen molar-refractivity contribution in [1.82, 2.24) is 0 Å². The Morgan fingerprint density at radius 1 is 1.33 bits per heavy atom. The Hall–Kier alpha value is -2.14. The van der Waals surface area contributed by atoms with Crippen LogP contribution >= 0.6 is 0 Å². The fourth-order valence-electron chi connectivity index (χ4n) is 1.77. The Morgan fingerprint density at radius 3 is 2.39 bits per heavy atom. The number of cyclic esters (lactones) is 1. The number of esters is 2. The normalized spacial score (nSPS) is 18.8. The van der Waals surface area contributed by atoms with Crippen LogP contribution < -0.4 is 4.74 Å². The van der Waals surface area contributed by atoms with Gasteiger partial charge in [-0.3, -0.25) is 4.79 Å². The Kier molecular flexibility index (Phi) is 3.16. The zero-order chi connectivity index (χ0) is 13.3. The van der Waals surface area contributed by atoms with Gasteiger partial charge in [0.25, 0.3) is 0 Å². The van der Waals surface area contributed by atoms with E-state index in [9.17, 15) is 14.7 Å². The molecular weight excluding hydrogens is 236 g/mol. The van der Waals surface area contributed by atoms with Gasteiger partial charge >= 0.3 is 11.9 Å². The molecule has 5 heteroatoms. The van der Waals surface area contributed by atoms with Crippen LogP contribution in [0.4, 0.5) is 0 Å². The van der Waals surface area contributed by atoms with Gasteiger partial charge in [0, 0.05) is 18.1 Å². The van der Waals surface area contributed by atoms with Crippen molar-refractivity contribution in [3.05, 3.63) is 35.4 Å². The summed E-state index contributed by atoms with van der Waals surface area (Å²) in [5.41, 5.74) is 1.47. The monoisotopic (exact) mass is 248 g/mol. The molecule has 0 saturated carbocycles. The first kappa shape index (κ1) is 12.3. The molecule has 1 N–H and O–H groups in total. The van der Waals surface area contributed by atoms with E-state index in [4.69, 9.17) is 9.47 Å². The molecule has 0 saturated heterocycles. The van der Waals surface area contributed by atoms with Crippen LogP contribution in [0.1, 0.15) is 19.4 Å². The van der Waals surface area contributed by atoms with Crippen LogP contribution in [0.15, 0.2) is 29.8 Å². The number of carbonyl (C=O) groups is 2. The SMILES string of the molecule is CC(=O)Oc1ccc(C2=C(C)C(=O)OC2O)cc1. The summed E-state index contributed by atoms with van der Waals surface area (Å²) in [6, 6.07) is 6.49. The second kappa shape index (κ2) is 4.62. The van der Waals surface area contributed by atoms with E-state index in [-0.39, 0.29) is 0 Å². The van der Waals surface area contributed by atoms with Crippen LogP contribution in [0.3, 0.4) is 0 Å². The summed E-state index contributed by atoms with van der Waals surface area (Å²) in [7, 11) is 0. The number of ether oxygens (including phenoxy) is 2. The zero-order valence-electron chi connectivity index (χ0n) is 9.97. The molecule has 0 radical (unpaired) electrons. The lowest BCUT2D eigenvalue weighted by molar-refractivity contribution is -0.150. The van der Waals surface area contributed by atoms with Crippen LogP contribution in [0, 0.1) is 0 Å². The van der Waals surface area contributed by atoms with Gasteiger partial charge in [-0.1, -0.05) is 12.1 Å². The average molecular weight is 248 g/mol. The highest BCUT2D eigenvalue weighted by Crippen LogP contribution is 2.30. The Morgan fingerprint density at radius 2 is 1.94 bits per heavy atom. The Balaban J connectivity index is 2.30. The first-order valence-electron chi connectivity index (χ1n) is 5.37. The fourth-order valence-corrected chi connectivity index (χ4v) is 1.77. The van der Waals surface area contributed by atoms with Gasteiger partial charge in [0.2, 0.25) is 6.29 Å². The number of benzene rings is 1. The zero-order valence-corrected chi connectivity index (χ0v) is 9.97. The van der Waals surface area contributed by atoms with E-state index in [1.54, 1.807) is 31.2 Å². The quantitative estimate of drug-likeness (QED) is 0.630. The van der Waals surface area contributed by atoms with Crippen LogP contribution in [0.25, 0.3) is 5.57 Å². The van der Waals surface area contributed by atoms with Gasteiger partial charge in [-0.15, -0.1) is 0 Å². The van der Waals surface area contributed by atoms with Gasteiger partial charge in [0.1, 0.15) is 5.75 Å². The van der Waals surface area contributed by atoms with E-state index in [1.165, 1.54) is 6.92 Å². The molecule has 1 aliphatic heterocycles. The second-order valence-electron chi connectivity index (χ2n) is 3.91. The molecule has 1 aromatic carbocycles. The summed E-state index contributed by atoms with van der Waals surface area (Å²) in [5.74, 6) is -0.525. The molecule has 1 aliphatic rings. The maximum atomic E-state index is 11.3. The second-order valence-corrected chi connectivity index (χ2v) is 3.91. The van der Waals surface area contributed by atoms with Crippen molar-refractivity contribution in [3.8, 4) is 5.75 Å². The van der Waals surface area contributed by atoms with E-state index in [0.717, 1.165) is 0 Å². The number of aliphatic hydroxyl groups excluding tert-OH is 1. The number of carbonyl (C=O) groups excluding carboxylic acids is 2. The van der Waals surface area contributed by atoms with Gasteiger partial charge in [-0.25, -0.2) is 4.79 Å². The molecule has 0 spiro atoms. The maximum Gasteiger partial charge on any atom is 0.336 e. The summed E-state index contributed by atoms with van der Waals surface area (Å²) >= 11 is 0. The molecule has 1 unspecified atom stereocenters. The minimum Gasteiger partial charge on any atom is -0.428 e. The average Bonchev–Trinajstić information content (AvgIpc) is 2.54. The van der Waals surface area contributed by atoms with Gasteiger partial charge in [0.05, 0.1) is 0 Å². The van der Waals surface area contributed by atoms with Gasteiger partial charge < -0.3 is 14.6 Å². The van der Waals surface area contributed by atoms with Gasteiger partial charge in [-0.05, 0) is 24.6 Å². The third-order valence-electron chi connectivity index (χ3n) is 2.60. The van der Waals surface area contributed by atoms with Crippen molar-refractivity contribution in [3.63, 3.8) is 0 Å². The Bertz CT molecular complexity index is 527. The molecule has 18 heavy (non-hydrogen) atoms. The molecule has 5 nitrogen and oxygen atoms in total. The summed E-state index contributed by atoms with van der Waals surface area (Å²) in [5, 5.41) is 9.61. The first-order chi connectivity index (χ1) is 8.49. The summed E-state index contributed by atoms with van der Waals surface area (Å²) in [6.45, 7) is 2.90. The first-order valence-corrected chi connectivity index (χ1v) is 5.37. The van der Waals surface area contributed by atoms with Crippen LogP contribution in [0.5, 0.6) is 5.75 Å². The summed E-state index contributed by atoms with van der Waals surface area (Å²) in [4.78, 5) is 22.0. The van der Waals surface area contributed by atoms with Crippen molar-refractivity contribution < 1.29 is 24.2 Å². The largest absolute Gasteiger partial charge is 0.428 e. The van der Waals surface area contributed by atoms with Crippen LogP contribution in [-0.4, -0.2) is 23.3 Å². The Labute approximate surface area is 104 Å². The lowest BCUT2D eigenvalue weighted by Gasteiger charge is -2.08. The van der Waals surface area contributed by atoms with Gasteiger partial charge in [-0.2, -0.15) is 0 Å². The topological polar surface area (TPSA) is 72.8 Å². The fraction of sp³-hybridized carbons (Fsp3) is 0.231. The van der Waals surface area contributed by atoms with Gasteiger partial charge in [0.15, 0.2) is 0 Å². The predicted octanol–water partition coefficient (Wildman–Crippen LogP) is 1.26. The van der Waals surface area contributed by atoms with Crippen molar-refractivity contribution in [1.29, 1.82) is 0 Å². The third kappa shape index (κ3) is 2.26. The number of rotatable bonds is 2. The predicted molar refractivity (Wildman–Crippen MR) is 62.4 cm³/mol. The van der Waals surface area contributed by atoms with Crippen molar-refractivity contribution >= 4 is 17.5 Å². The minimum atomic E-state index is -1.24. The summed E-state index contributed by atoms with van der Waals surface area (Å²) in [6.07, 6.45) is -1.24. The molecular formula is C13H12O5.